The average molecular weight is 486 g/mol. The Morgan fingerprint density at radius 1 is 0.882 bits per heavy atom. The van der Waals surface area contributed by atoms with E-state index in [1.54, 1.807) is 17.0 Å². The number of fused-ring (bicyclic) bond motifs is 1. The van der Waals surface area contributed by atoms with Gasteiger partial charge in [-0.15, -0.1) is 0 Å². The Morgan fingerprint density at radius 2 is 1.50 bits per heavy atom. The molecule has 0 aliphatic heterocycles. The van der Waals surface area contributed by atoms with Gasteiger partial charge in [0.25, 0.3) is 5.91 Å². The molecule has 2 aromatic carbocycles. The van der Waals surface area contributed by atoms with Crippen LogP contribution in [0, 0.1) is 0 Å². The van der Waals surface area contributed by atoms with Crippen LogP contribution in [0.15, 0.2) is 36.4 Å². The van der Waals surface area contributed by atoms with Crippen LogP contribution in [0.1, 0.15) is 45.0 Å². The zero-order valence-corrected chi connectivity index (χ0v) is 21.6. The monoisotopic (exact) mass is 485 g/mol. The number of hydrogen-bond donors (Lipinski definition) is 0. The number of carbonyl (C=O) groups excluding carboxylic acids is 1. The van der Waals surface area contributed by atoms with Crippen LogP contribution in [0.25, 0.3) is 10.2 Å². The Morgan fingerprint density at radius 3 is 2.06 bits per heavy atom. The number of nitrogens with zero attached hydrogens (tertiary/aromatic N) is 3. The normalized spacial score (nSPS) is 11.1. The first-order chi connectivity index (χ1) is 16.6. The van der Waals surface area contributed by atoms with E-state index in [-0.39, 0.29) is 5.91 Å². The molecular formula is C26H35N3O4S. The first-order valence-corrected chi connectivity index (χ1v) is 12.8. The second kappa shape index (κ2) is 12.6. The molecular weight excluding hydrogens is 450 g/mol. The van der Waals surface area contributed by atoms with E-state index in [2.05, 4.69) is 18.7 Å². The number of thiazole rings is 1. The van der Waals surface area contributed by atoms with E-state index in [0.29, 0.717) is 54.3 Å². The molecule has 0 saturated heterocycles. The van der Waals surface area contributed by atoms with E-state index in [4.69, 9.17) is 19.2 Å². The summed E-state index contributed by atoms with van der Waals surface area (Å²) in [5.74, 6) is 1.40. The lowest BCUT2D eigenvalue weighted by Crippen LogP contribution is -2.38. The molecule has 0 spiro atoms. The van der Waals surface area contributed by atoms with Crippen molar-refractivity contribution in [2.45, 2.75) is 34.6 Å². The van der Waals surface area contributed by atoms with Crippen LogP contribution in [0.4, 0.5) is 5.13 Å². The highest BCUT2D eigenvalue weighted by molar-refractivity contribution is 7.22. The summed E-state index contributed by atoms with van der Waals surface area (Å²) < 4.78 is 18.5. The number of carbonyl (C=O) groups is 1. The van der Waals surface area contributed by atoms with Crippen molar-refractivity contribution in [3.8, 4) is 17.2 Å². The molecule has 3 aromatic rings. The van der Waals surface area contributed by atoms with Gasteiger partial charge in [0.1, 0.15) is 0 Å². The number of anilines is 1. The molecule has 1 aromatic heterocycles. The van der Waals surface area contributed by atoms with Crippen molar-refractivity contribution in [1.82, 2.24) is 9.88 Å². The molecule has 0 bridgehead atoms. The van der Waals surface area contributed by atoms with Gasteiger partial charge in [0.05, 0.1) is 30.0 Å². The van der Waals surface area contributed by atoms with Gasteiger partial charge in [0.15, 0.2) is 16.6 Å². The molecule has 0 saturated carbocycles. The number of ether oxygens (including phenoxy) is 3. The van der Waals surface area contributed by atoms with Gasteiger partial charge in [-0.2, -0.15) is 0 Å². The van der Waals surface area contributed by atoms with Gasteiger partial charge in [-0.1, -0.05) is 37.3 Å². The van der Waals surface area contributed by atoms with Crippen molar-refractivity contribution in [3.05, 3.63) is 42.0 Å². The van der Waals surface area contributed by atoms with Crippen LogP contribution in [-0.4, -0.2) is 61.8 Å². The van der Waals surface area contributed by atoms with Gasteiger partial charge >= 0.3 is 0 Å². The van der Waals surface area contributed by atoms with Crippen molar-refractivity contribution >= 4 is 32.6 Å². The molecule has 1 amide bonds. The van der Waals surface area contributed by atoms with Crippen LogP contribution in [0.3, 0.4) is 0 Å². The third kappa shape index (κ3) is 5.98. The number of para-hydroxylation sites is 1. The molecule has 0 aliphatic rings. The van der Waals surface area contributed by atoms with Crippen molar-refractivity contribution in [2.75, 3.05) is 50.9 Å². The average Bonchev–Trinajstić information content (AvgIpc) is 3.27. The van der Waals surface area contributed by atoms with Crippen LogP contribution >= 0.6 is 11.3 Å². The SMILES string of the molecule is CCOc1cc(C(=O)N(CCN(CC)CC)c2nc3ccccc3s2)cc(OCC)c1OCC. The van der Waals surface area contributed by atoms with Crippen LogP contribution in [0.2, 0.25) is 0 Å². The topological polar surface area (TPSA) is 64.1 Å². The zero-order chi connectivity index (χ0) is 24.5. The maximum absolute atomic E-state index is 13.9. The smallest absolute Gasteiger partial charge is 0.260 e. The van der Waals surface area contributed by atoms with Gasteiger partial charge in [-0.3, -0.25) is 9.69 Å². The molecule has 0 atom stereocenters. The summed E-state index contributed by atoms with van der Waals surface area (Å²) in [6.45, 7) is 14.5. The lowest BCUT2D eigenvalue weighted by molar-refractivity contribution is 0.0982. The maximum Gasteiger partial charge on any atom is 0.260 e. The van der Waals surface area contributed by atoms with E-state index in [1.807, 2.05) is 45.0 Å². The second-order valence-electron chi connectivity index (χ2n) is 7.55. The van der Waals surface area contributed by atoms with Gasteiger partial charge < -0.3 is 19.1 Å². The highest BCUT2D eigenvalue weighted by Gasteiger charge is 2.25. The Bertz CT molecular complexity index is 1020. The minimum atomic E-state index is -0.142. The highest BCUT2D eigenvalue weighted by atomic mass is 32.1. The van der Waals surface area contributed by atoms with Crippen LogP contribution < -0.4 is 19.1 Å². The molecule has 184 valence electrons. The fraction of sp³-hybridized carbons (Fsp3) is 0.462. The lowest BCUT2D eigenvalue weighted by atomic mass is 10.1. The molecule has 8 heteroatoms. The number of amides is 1. The number of rotatable bonds is 13. The minimum Gasteiger partial charge on any atom is -0.490 e. The van der Waals surface area contributed by atoms with E-state index in [9.17, 15) is 4.79 Å². The molecule has 1 heterocycles. The Hall–Kier alpha value is -2.84. The van der Waals surface area contributed by atoms with Crippen LogP contribution in [-0.2, 0) is 0 Å². The summed E-state index contributed by atoms with van der Waals surface area (Å²) in [6.07, 6.45) is 0. The van der Waals surface area contributed by atoms with E-state index < -0.39 is 0 Å². The summed E-state index contributed by atoms with van der Waals surface area (Å²) in [4.78, 5) is 22.7. The number of hydrogen-bond acceptors (Lipinski definition) is 7. The summed E-state index contributed by atoms with van der Waals surface area (Å²) in [7, 11) is 0. The first-order valence-electron chi connectivity index (χ1n) is 12.0. The van der Waals surface area contributed by atoms with Crippen molar-refractivity contribution in [2.24, 2.45) is 0 Å². The minimum absolute atomic E-state index is 0.142. The van der Waals surface area contributed by atoms with Gasteiger partial charge in [-0.05, 0) is 58.1 Å². The molecule has 0 N–H and O–H groups in total. The standard InChI is InChI=1S/C26H35N3O4S/c1-6-28(7-2)15-16-29(26-27-20-13-11-12-14-23(20)34-26)25(30)19-17-21(31-8-3)24(33-10-5)22(18-19)32-9-4/h11-14,17-18H,6-10,15-16H2,1-5H3. The summed E-state index contributed by atoms with van der Waals surface area (Å²) in [6, 6.07) is 11.4. The number of likely N-dealkylation sites (N-methyl/N-ethyl adjacent to an activating group) is 1. The Kier molecular flexibility index (Phi) is 9.53. The van der Waals surface area contributed by atoms with E-state index >= 15 is 0 Å². The van der Waals surface area contributed by atoms with Crippen molar-refractivity contribution in [1.29, 1.82) is 0 Å². The maximum atomic E-state index is 13.9. The summed E-state index contributed by atoms with van der Waals surface area (Å²) in [5.41, 5.74) is 1.37. The zero-order valence-electron chi connectivity index (χ0n) is 20.8. The van der Waals surface area contributed by atoms with Gasteiger partial charge in [0.2, 0.25) is 5.75 Å². The summed E-state index contributed by atoms with van der Waals surface area (Å²) in [5, 5.41) is 0.683. The van der Waals surface area contributed by atoms with Gasteiger partial charge in [-0.25, -0.2) is 4.98 Å². The molecule has 7 nitrogen and oxygen atoms in total. The van der Waals surface area contributed by atoms with E-state index in [1.165, 1.54) is 11.3 Å². The highest BCUT2D eigenvalue weighted by Crippen LogP contribution is 2.40. The first kappa shape index (κ1) is 25.8. The van der Waals surface area contributed by atoms with Gasteiger partial charge in [0, 0.05) is 18.7 Å². The predicted octanol–water partition coefficient (Wildman–Crippen LogP) is 5.48. The lowest BCUT2D eigenvalue weighted by Gasteiger charge is -2.25. The number of aromatic nitrogens is 1. The van der Waals surface area contributed by atoms with Crippen molar-refractivity contribution in [3.63, 3.8) is 0 Å². The number of benzene rings is 2. The van der Waals surface area contributed by atoms with Crippen LogP contribution in [0.5, 0.6) is 17.2 Å². The largest absolute Gasteiger partial charge is 0.490 e. The quantitative estimate of drug-likeness (QED) is 0.319. The molecule has 3 rings (SSSR count). The van der Waals surface area contributed by atoms with Crippen molar-refractivity contribution < 1.29 is 19.0 Å². The van der Waals surface area contributed by atoms with E-state index in [0.717, 1.165) is 29.9 Å². The fourth-order valence-electron chi connectivity index (χ4n) is 3.71. The predicted molar refractivity (Wildman–Crippen MR) is 139 cm³/mol. The Labute approximate surface area is 206 Å². The molecule has 0 radical (unpaired) electrons. The molecule has 0 unspecified atom stereocenters. The summed E-state index contributed by atoms with van der Waals surface area (Å²) >= 11 is 1.52. The Balaban J connectivity index is 2.05. The molecule has 0 fully saturated rings. The molecule has 34 heavy (non-hydrogen) atoms. The fourth-order valence-corrected chi connectivity index (χ4v) is 4.70. The third-order valence-corrected chi connectivity index (χ3v) is 6.51. The second-order valence-corrected chi connectivity index (χ2v) is 8.56. The molecule has 0 aliphatic carbocycles. The third-order valence-electron chi connectivity index (χ3n) is 5.45.